The molecule has 5 heteroatoms. The first-order chi connectivity index (χ1) is 6.72. The van der Waals surface area contributed by atoms with Gasteiger partial charge < -0.3 is 16.7 Å². The number of aromatic nitrogens is 1. The molecule has 5 N–H and O–H groups in total. The number of hydrogen-bond donors (Lipinski definition) is 3. The molecule has 1 saturated carbocycles. The molecule has 0 saturated heterocycles. The van der Waals surface area contributed by atoms with Crippen LogP contribution in [0.1, 0.15) is 29.9 Å². The molecule has 74 valence electrons. The fourth-order valence-corrected chi connectivity index (χ4v) is 1.39. The van der Waals surface area contributed by atoms with Crippen molar-refractivity contribution in [2.45, 2.75) is 18.8 Å². The predicted octanol–water partition coefficient (Wildman–Crippen LogP) is 0.636. The number of nitrogens with two attached hydrogens (primary N) is 2. The third-order valence-electron chi connectivity index (χ3n) is 2.37. The molecule has 0 atom stereocenters. The number of nitrogens with zero attached hydrogens (tertiary/aromatic N) is 2. The largest absolute Gasteiger partial charge is 0.409 e. The SMILES string of the molecule is N/C(=N\O)c1cc(C2CC2)cnc1N. The zero-order valence-corrected chi connectivity index (χ0v) is 7.64. The second-order valence-electron chi connectivity index (χ2n) is 3.46. The monoisotopic (exact) mass is 192 g/mol. The van der Waals surface area contributed by atoms with Crippen LogP contribution in [0.3, 0.4) is 0 Å². The molecule has 14 heavy (non-hydrogen) atoms. The first-order valence-corrected chi connectivity index (χ1v) is 4.45. The maximum Gasteiger partial charge on any atom is 0.173 e. The fourth-order valence-electron chi connectivity index (χ4n) is 1.39. The molecule has 2 rings (SSSR count). The van der Waals surface area contributed by atoms with Crippen molar-refractivity contribution in [1.82, 2.24) is 4.98 Å². The van der Waals surface area contributed by atoms with Gasteiger partial charge in [-0.25, -0.2) is 4.98 Å². The number of amidine groups is 1. The van der Waals surface area contributed by atoms with Gasteiger partial charge in [-0.3, -0.25) is 0 Å². The van der Waals surface area contributed by atoms with Gasteiger partial charge in [0.1, 0.15) is 5.82 Å². The molecule has 0 spiro atoms. The Labute approximate surface area is 81.4 Å². The molecule has 0 aromatic carbocycles. The number of anilines is 1. The summed E-state index contributed by atoms with van der Waals surface area (Å²) in [4.78, 5) is 4.02. The molecular weight excluding hydrogens is 180 g/mol. The minimum absolute atomic E-state index is 0.0116. The van der Waals surface area contributed by atoms with Crippen LogP contribution in [-0.4, -0.2) is 16.0 Å². The van der Waals surface area contributed by atoms with Crippen molar-refractivity contribution < 1.29 is 5.21 Å². The summed E-state index contributed by atoms with van der Waals surface area (Å²) in [5, 5.41) is 11.5. The van der Waals surface area contributed by atoms with Crippen molar-refractivity contribution in [2.75, 3.05) is 5.73 Å². The van der Waals surface area contributed by atoms with Gasteiger partial charge in [0, 0.05) is 6.20 Å². The molecule has 0 aliphatic heterocycles. The van der Waals surface area contributed by atoms with Crippen LogP contribution in [0.15, 0.2) is 17.4 Å². The van der Waals surface area contributed by atoms with Crippen LogP contribution >= 0.6 is 0 Å². The van der Waals surface area contributed by atoms with Crippen LogP contribution < -0.4 is 11.5 Å². The number of oxime groups is 1. The Morgan fingerprint density at radius 1 is 1.57 bits per heavy atom. The lowest BCUT2D eigenvalue weighted by Gasteiger charge is -2.05. The van der Waals surface area contributed by atoms with Gasteiger partial charge in [0.2, 0.25) is 0 Å². The summed E-state index contributed by atoms with van der Waals surface area (Å²) in [7, 11) is 0. The molecule has 1 fully saturated rings. The van der Waals surface area contributed by atoms with Crippen LogP contribution in [0.25, 0.3) is 0 Å². The average molecular weight is 192 g/mol. The Morgan fingerprint density at radius 3 is 2.86 bits per heavy atom. The topological polar surface area (TPSA) is 97.5 Å². The molecule has 0 radical (unpaired) electrons. The third kappa shape index (κ3) is 1.48. The van der Waals surface area contributed by atoms with Crippen molar-refractivity contribution in [3.05, 3.63) is 23.4 Å². The van der Waals surface area contributed by atoms with Gasteiger partial charge in [0.05, 0.1) is 5.56 Å². The zero-order chi connectivity index (χ0) is 10.1. The van der Waals surface area contributed by atoms with E-state index in [1.165, 1.54) is 12.8 Å². The van der Waals surface area contributed by atoms with E-state index >= 15 is 0 Å². The standard InChI is InChI=1S/C9H12N4O/c10-8-7(9(11)13-14)3-6(4-12-8)5-1-2-5/h3-5,14H,1-2H2,(H2,10,12)(H2,11,13). The lowest BCUT2D eigenvalue weighted by Crippen LogP contribution is -2.16. The van der Waals surface area contributed by atoms with Gasteiger partial charge in [-0.15, -0.1) is 0 Å². The molecule has 5 nitrogen and oxygen atoms in total. The van der Waals surface area contributed by atoms with Gasteiger partial charge in [-0.2, -0.15) is 0 Å². The Hall–Kier alpha value is -1.78. The maximum atomic E-state index is 8.54. The lowest BCUT2D eigenvalue weighted by atomic mass is 10.1. The Balaban J connectivity index is 2.41. The highest BCUT2D eigenvalue weighted by molar-refractivity contribution is 6.00. The van der Waals surface area contributed by atoms with Crippen LogP contribution in [0.2, 0.25) is 0 Å². The highest BCUT2D eigenvalue weighted by atomic mass is 16.4. The van der Waals surface area contributed by atoms with Gasteiger partial charge in [-0.1, -0.05) is 5.16 Å². The molecule has 1 aromatic rings. The molecule has 0 amide bonds. The summed E-state index contributed by atoms with van der Waals surface area (Å²) in [6, 6.07) is 1.84. The van der Waals surface area contributed by atoms with Crippen LogP contribution in [0.4, 0.5) is 5.82 Å². The van der Waals surface area contributed by atoms with Crippen molar-refractivity contribution in [3.63, 3.8) is 0 Å². The highest BCUT2D eigenvalue weighted by Gasteiger charge is 2.24. The quantitative estimate of drug-likeness (QED) is 0.277. The lowest BCUT2D eigenvalue weighted by molar-refractivity contribution is 0.318. The van der Waals surface area contributed by atoms with Crippen LogP contribution in [0, 0.1) is 0 Å². The Morgan fingerprint density at radius 2 is 2.29 bits per heavy atom. The average Bonchev–Trinajstić information content (AvgIpc) is 3.01. The van der Waals surface area contributed by atoms with E-state index in [0.717, 1.165) is 5.56 Å². The summed E-state index contributed by atoms with van der Waals surface area (Å²) in [6.07, 6.45) is 4.11. The van der Waals surface area contributed by atoms with Gasteiger partial charge in [-0.05, 0) is 30.4 Å². The number of hydrogen-bond acceptors (Lipinski definition) is 4. The first kappa shape index (κ1) is 8.80. The smallest absolute Gasteiger partial charge is 0.173 e. The van der Waals surface area contributed by atoms with Crippen molar-refractivity contribution in [1.29, 1.82) is 0 Å². The van der Waals surface area contributed by atoms with E-state index in [4.69, 9.17) is 16.7 Å². The van der Waals surface area contributed by atoms with E-state index in [-0.39, 0.29) is 5.84 Å². The number of pyridine rings is 1. The Bertz CT molecular complexity index is 384. The molecule has 1 aliphatic carbocycles. The third-order valence-corrected chi connectivity index (χ3v) is 2.37. The number of rotatable bonds is 2. The summed E-state index contributed by atoms with van der Waals surface area (Å²) >= 11 is 0. The first-order valence-electron chi connectivity index (χ1n) is 4.45. The summed E-state index contributed by atoms with van der Waals surface area (Å²) < 4.78 is 0. The van der Waals surface area contributed by atoms with Crippen LogP contribution in [0.5, 0.6) is 0 Å². The molecule has 0 bridgehead atoms. The normalized spacial score (nSPS) is 17.0. The van der Waals surface area contributed by atoms with Crippen LogP contribution in [-0.2, 0) is 0 Å². The van der Waals surface area contributed by atoms with E-state index < -0.39 is 0 Å². The van der Waals surface area contributed by atoms with Gasteiger partial charge in [0.15, 0.2) is 5.84 Å². The van der Waals surface area contributed by atoms with Gasteiger partial charge >= 0.3 is 0 Å². The van der Waals surface area contributed by atoms with Gasteiger partial charge in [0.25, 0.3) is 0 Å². The number of nitrogen functional groups attached to an aromatic ring is 1. The van der Waals surface area contributed by atoms with Crippen molar-refractivity contribution >= 4 is 11.7 Å². The van der Waals surface area contributed by atoms with Crippen molar-refractivity contribution in [2.24, 2.45) is 10.9 Å². The molecule has 0 unspecified atom stereocenters. The zero-order valence-electron chi connectivity index (χ0n) is 7.64. The predicted molar refractivity (Wildman–Crippen MR) is 53.1 cm³/mol. The second kappa shape index (κ2) is 3.17. The van der Waals surface area contributed by atoms with E-state index in [9.17, 15) is 0 Å². The van der Waals surface area contributed by atoms with E-state index in [1.807, 2.05) is 6.07 Å². The summed E-state index contributed by atoms with van der Waals surface area (Å²) in [6.45, 7) is 0. The summed E-state index contributed by atoms with van der Waals surface area (Å²) in [5.41, 5.74) is 12.7. The highest BCUT2D eigenvalue weighted by Crippen LogP contribution is 2.40. The van der Waals surface area contributed by atoms with E-state index in [2.05, 4.69) is 10.1 Å². The maximum absolute atomic E-state index is 8.54. The minimum atomic E-state index is 0.0116. The molecule has 1 aliphatic rings. The fraction of sp³-hybridized carbons (Fsp3) is 0.333. The second-order valence-corrected chi connectivity index (χ2v) is 3.46. The van der Waals surface area contributed by atoms with E-state index in [1.54, 1.807) is 6.20 Å². The Kier molecular flexibility index (Phi) is 1.99. The molecule has 1 heterocycles. The minimum Gasteiger partial charge on any atom is -0.409 e. The van der Waals surface area contributed by atoms with E-state index in [0.29, 0.717) is 17.3 Å². The van der Waals surface area contributed by atoms with Crippen molar-refractivity contribution in [3.8, 4) is 0 Å². The molecule has 1 aromatic heterocycles. The summed E-state index contributed by atoms with van der Waals surface area (Å²) in [5.74, 6) is 0.885. The molecular formula is C9H12N4O.